The number of para-hydroxylation sites is 1. The molecule has 10 nitrogen and oxygen atoms in total. The molecule has 222 valence electrons. The van der Waals surface area contributed by atoms with Crippen molar-refractivity contribution in [3.63, 3.8) is 0 Å². The molecule has 3 aromatic rings. The van der Waals surface area contributed by atoms with Gasteiger partial charge in [0.2, 0.25) is 11.8 Å². The second-order valence-corrected chi connectivity index (χ2v) is 12.2. The van der Waals surface area contributed by atoms with Crippen molar-refractivity contribution in [3.8, 4) is 11.6 Å². The first-order chi connectivity index (χ1) is 20.2. The van der Waals surface area contributed by atoms with E-state index < -0.39 is 11.2 Å². The Labute approximate surface area is 245 Å². The van der Waals surface area contributed by atoms with E-state index in [4.69, 9.17) is 15.2 Å². The first-order valence-electron chi connectivity index (χ1n) is 14.7. The SMILES string of the molecule is CC1(N2CC[C@@H](C(=O)N3CCC(O)(Cn4cnc(Oc5ccccc5)c(N)c4=O)CC3)[C@H](c3ccccc3)C2)COC1. The summed E-state index contributed by atoms with van der Waals surface area (Å²) < 4.78 is 12.5. The molecule has 2 aromatic carbocycles. The maximum absolute atomic E-state index is 13.9. The minimum Gasteiger partial charge on any atom is -0.437 e. The first-order valence-corrected chi connectivity index (χ1v) is 14.7. The van der Waals surface area contributed by atoms with Gasteiger partial charge < -0.3 is 25.2 Å². The lowest BCUT2D eigenvalue weighted by molar-refractivity contribution is -0.153. The lowest BCUT2D eigenvalue weighted by Crippen LogP contribution is -2.63. The summed E-state index contributed by atoms with van der Waals surface area (Å²) in [6, 6.07) is 19.3. The Kier molecular flexibility index (Phi) is 7.78. The zero-order chi connectivity index (χ0) is 29.3. The minimum atomic E-state index is -1.16. The molecule has 0 bridgehead atoms. The highest BCUT2D eigenvalue weighted by molar-refractivity contribution is 5.80. The maximum atomic E-state index is 13.9. The van der Waals surface area contributed by atoms with E-state index in [0.29, 0.717) is 31.7 Å². The smallest absolute Gasteiger partial charge is 0.280 e. The number of piperidine rings is 2. The van der Waals surface area contributed by atoms with Gasteiger partial charge in [-0.15, -0.1) is 0 Å². The molecule has 3 aliphatic heterocycles. The highest BCUT2D eigenvalue weighted by Crippen LogP contribution is 2.39. The molecule has 0 unspecified atom stereocenters. The van der Waals surface area contributed by atoms with Crippen LogP contribution in [-0.2, 0) is 16.1 Å². The number of hydrogen-bond acceptors (Lipinski definition) is 8. The Bertz CT molecular complexity index is 1450. The number of carbonyl (C=O) groups excluding carboxylic acids is 1. The van der Waals surface area contributed by atoms with Crippen molar-refractivity contribution < 1.29 is 19.4 Å². The van der Waals surface area contributed by atoms with Crippen LogP contribution in [0.3, 0.4) is 0 Å². The molecule has 4 heterocycles. The van der Waals surface area contributed by atoms with Crippen molar-refractivity contribution in [1.29, 1.82) is 0 Å². The van der Waals surface area contributed by atoms with Gasteiger partial charge in [-0.05, 0) is 50.4 Å². The molecule has 0 saturated carbocycles. The number of benzene rings is 2. The minimum absolute atomic E-state index is 0.0326. The fourth-order valence-corrected chi connectivity index (χ4v) is 6.49. The van der Waals surface area contributed by atoms with Crippen molar-refractivity contribution in [2.75, 3.05) is 45.1 Å². The van der Waals surface area contributed by atoms with Gasteiger partial charge in [0.25, 0.3) is 5.56 Å². The summed E-state index contributed by atoms with van der Waals surface area (Å²) in [5.41, 5.74) is 5.55. The third-order valence-electron chi connectivity index (χ3n) is 9.21. The molecule has 10 heteroatoms. The van der Waals surface area contributed by atoms with Crippen LogP contribution in [0.5, 0.6) is 11.6 Å². The zero-order valence-electron chi connectivity index (χ0n) is 24.0. The number of ether oxygens (including phenoxy) is 2. The molecular formula is C32H39N5O5. The van der Waals surface area contributed by atoms with Crippen LogP contribution in [0, 0.1) is 5.92 Å². The van der Waals surface area contributed by atoms with E-state index in [1.807, 2.05) is 41.3 Å². The van der Waals surface area contributed by atoms with E-state index in [1.54, 1.807) is 12.1 Å². The van der Waals surface area contributed by atoms with Crippen molar-refractivity contribution in [2.45, 2.75) is 49.8 Å². The second kappa shape index (κ2) is 11.5. The zero-order valence-corrected chi connectivity index (χ0v) is 24.0. The molecule has 6 rings (SSSR count). The monoisotopic (exact) mass is 573 g/mol. The number of amides is 1. The van der Waals surface area contributed by atoms with Gasteiger partial charge in [-0.3, -0.25) is 19.1 Å². The fourth-order valence-electron chi connectivity index (χ4n) is 6.49. The lowest BCUT2D eigenvalue weighted by atomic mass is 9.77. The summed E-state index contributed by atoms with van der Waals surface area (Å²) in [6.07, 6.45) is 2.86. The predicted octanol–water partition coefficient (Wildman–Crippen LogP) is 2.87. The van der Waals surface area contributed by atoms with Gasteiger partial charge in [0.1, 0.15) is 12.1 Å². The van der Waals surface area contributed by atoms with Gasteiger partial charge in [-0.1, -0.05) is 48.5 Å². The van der Waals surface area contributed by atoms with Crippen LogP contribution in [0.25, 0.3) is 0 Å². The first kappa shape index (κ1) is 28.4. The van der Waals surface area contributed by atoms with Crippen LogP contribution in [0.15, 0.2) is 71.8 Å². The molecule has 0 spiro atoms. The average Bonchev–Trinajstić information content (AvgIpc) is 3.00. The highest BCUT2D eigenvalue weighted by atomic mass is 16.5. The molecule has 3 aliphatic rings. The molecule has 1 aromatic heterocycles. The number of nitrogens with two attached hydrogens (primary N) is 1. The fraction of sp³-hybridized carbons (Fsp3) is 0.469. The number of likely N-dealkylation sites (tertiary alicyclic amines) is 2. The van der Waals surface area contributed by atoms with Crippen molar-refractivity contribution in [1.82, 2.24) is 19.4 Å². The van der Waals surface area contributed by atoms with Gasteiger partial charge in [-0.2, -0.15) is 0 Å². The number of rotatable bonds is 7. The average molecular weight is 574 g/mol. The van der Waals surface area contributed by atoms with Gasteiger partial charge in [0, 0.05) is 31.5 Å². The summed E-state index contributed by atoms with van der Waals surface area (Å²) in [5, 5.41) is 11.4. The summed E-state index contributed by atoms with van der Waals surface area (Å²) >= 11 is 0. The number of nitrogens with zero attached hydrogens (tertiary/aromatic N) is 4. The molecule has 1 amide bonds. The van der Waals surface area contributed by atoms with Crippen molar-refractivity contribution in [3.05, 3.63) is 82.9 Å². The normalized spacial score (nSPS) is 23.6. The molecule has 0 radical (unpaired) electrons. The Hall–Kier alpha value is -3.73. The summed E-state index contributed by atoms with van der Waals surface area (Å²) in [6.45, 7) is 6.27. The predicted molar refractivity (Wildman–Crippen MR) is 158 cm³/mol. The molecule has 0 aliphatic carbocycles. The highest BCUT2D eigenvalue weighted by Gasteiger charge is 2.46. The summed E-state index contributed by atoms with van der Waals surface area (Å²) in [7, 11) is 0. The summed E-state index contributed by atoms with van der Waals surface area (Å²) in [5.74, 6) is 0.674. The van der Waals surface area contributed by atoms with E-state index >= 15 is 0 Å². The molecule has 3 saturated heterocycles. The molecule has 3 N–H and O–H groups in total. The third-order valence-corrected chi connectivity index (χ3v) is 9.21. The van der Waals surface area contributed by atoms with E-state index in [0.717, 1.165) is 32.7 Å². The Morgan fingerprint density at radius 3 is 2.38 bits per heavy atom. The molecule has 42 heavy (non-hydrogen) atoms. The van der Waals surface area contributed by atoms with Gasteiger partial charge in [0.15, 0.2) is 5.69 Å². The van der Waals surface area contributed by atoms with Crippen molar-refractivity contribution >= 4 is 11.6 Å². The number of carbonyl (C=O) groups is 1. The number of nitrogen functional groups attached to an aromatic ring is 1. The Balaban J connectivity index is 1.11. The second-order valence-electron chi connectivity index (χ2n) is 12.2. The number of aliphatic hydroxyl groups is 1. The maximum Gasteiger partial charge on any atom is 0.280 e. The Morgan fingerprint density at radius 1 is 1.07 bits per heavy atom. The number of aromatic nitrogens is 2. The van der Waals surface area contributed by atoms with E-state index in [9.17, 15) is 14.7 Å². The van der Waals surface area contributed by atoms with Crippen LogP contribution in [0.4, 0.5) is 5.69 Å². The Morgan fingerprint density at radius 2 is 1.74 bits per heavy atom. The van der Waals surface area contributed by atoms with Gasteiger partial charge in [-0.25, -0.2) is 4.98 Å². The van der Waals surface area contributed by atoms with Crippen LogP contribution < -0.4 is 16.0 Å². The quantitative estimate of drug-likeness (QED) is 0.443. The molecule has 3 fully saturated rings. The van der Waals surface area contributed by atoms with E-state index in [-0.39, 0.29) is 41.4 Å². The standard InChI is InChI=1S/C32H39N5O5/c1-31(20-41-21-31)37-15-12-25(26(18-37)23-8-4-2-5-9-23)29(38)35-16-13-32(40,14-17-35)19-36-22-34-28(27(33)30(36)39)42-24-10-6-3-7-11-24/h2-11,22,25-26,40H,12-21,33H2,1H3/t25-,26+/m1/s1. The molecular weight excluding hydrogens is 534 g/mol. The lowest BCUT2D eigenvalue weighted by Gasteiger charge is -2.52. The number of hydrogen-bond donors (Lipinski definition) is 2. The summed E-state index contributed by atoms with van der Waals surface area (Å²) in [4.78, 5) is 35.6. The van der Waals surface area contributed by atoms with Gasteiger partial charge in [0.05, 0.1) is 30.9 Å². The van der Waals surface area contributed by atoms with Crippen LogP contribution in [0.1, 0.15) is 37.7 Å². The van der Waals surface area contributed by atoms with Crippen LogP contribution >= 0.6 is 0 Å². The van der Waals surface area contributed by atoms with E-state index in [2.05, 4.69) is 28.9 Å². The van der Waals surface area contributed by atoms with Crippen LogP contribution in [0.2, 0.25) is 0 Å². The van der Waals surface area contributed by atoms with E-state index in [1.165, 1.54) is 16.5 Å². The molecule has 2 atom stereocenters. The topological polar surface area (TPSA) is 123 Å². The third kappa shape index (κ3) is 5.66. The largest absolute Gasteiger partial charge is 0.437 e. The van der Waals surface area contributed by atoms with Gasteiger partial charge >= 0.3 is 0 Å². The van der Waals surface area contributed by atoms with Crippen molar-refractivity contribution in [2.24, 2.45) is 5.92 Å². The number of anilines is 1. The van der Waals surface area contributed by atoms with Crippen LogP contribution in [-0.4, -0.2) is 80.9 Å².